The van der Waals surface area contributed by atoms with Gasteiger partial charge in [-0.15, -0.1) is 11.8 Å². The van der Waals surface area contributed by atoms with Crippen LogP contribution in [0.1, 0.15) is 18.1 Å². The van der Waals surface area contributed by atoms with Crippen molar-refractivity contribution in [2.45, 2.75) is 11.8 Å². The summed E-state index contributed by atoms with van der Waals surface area (Å²) in [6.07, 6.45) is 2.16. The topological polar surface area (TPSA) is 35.5 Å². The summed E-state index contributed by atoms with van der Waals surface area (Å²) in [5.41, 5.74) is 3.22. The third-order valence-electron chi connectivity index (χ3n) is 4.40. The third kappa shape index (κ3) is 7.21. The summed E-state index contributed by atoms with van der Waals surface area (Å²) in [6, 6.07) is 21.0. The Morgan fingerprint density at radius 2 is 1.50 bits per heavy atom. The average Bonchev–Trinajstić information content (AvgIpc) is 2.78. The number of benzene rings is 3. The second-order valence-corrected chi connectivity index (χ2v) is 9.00. The molecule has 0 atom stereocenters. The van der Waals surface area contributed by atoms with Gasteiger partial charge in [0.25, 0.3) is 0 Å². The molecule has 0 fully saturated rings. The molecule has 0 unspecified atom stereocenters. The lowest BCUT2D eigenvalue weighted by Gasteiger charge is -2.10. The number of thioether (sulfide) groups is 1. The van der Waals surface area contributed by atoms with E-state index in [9.17, 15) is 4.79 Å². The first kappa shape index (κ1) is 24.5. The number of carbonyl (C=O) groups is 1. The van der Waals surface area contributed by atoms with Gasteiger partial charge in [-0.25, -0.2) is 4.79 Å². The van der Waals surface area contributed by atoms with Crippen LogP contribution in [0.5, 0.6) is 5.75 Å². The minimum absolute atomic E-state index is 0.172. The maximum atomic E-state index is 11.5. The van der Waals surface area contributed by atoms with Gasteiger partial charge >= 0.3 is 5.97 Å². The maximum absolute atomic E-state index is 11.5. The SMILES string of the molecule is CCOC(=O)COc1ccc(SCC=C(c2ccc(Cl)cc2)c2ccc(Cl)cc2)cc1Cl. The van der Waals surface area contributed by atoms with Gasteiger partial charge in [-0.1, -0.05) is 65.1 Å². The van der Waals surface area contributed by atoms with E-state index >= 15 is 0 Å². The summed E-state index contributed by atoms with van der Waals surface area (Å²) in [7, 11) is 0. The van der Waals surface area contributed by atoms with Crippen molar-refractivity contribution in [1.82, 2.24) is 0 Å². The van der Waals surface area contributed by atoms with Crippen LogP contribution in [0.3, 0.4) is 0 Å². The minimum Gasteiger partial charge on any atom is -0.480 e. The molecule has 0 spiro atoms. The number of esters is 1. The number of carbonyl (C=O) groups excluding carboxylic acids is 1. The summed E-state index contributed by atoms with van der Waals surface area (Å²) in [6.45, 7) is 1.89. The van der Waals surface area contributed by atoms with Crippen molar-refractivity contribution in [2.24, 2.45) is 0 Å². The molecule has 0 aliphatic rings. The van der Waals surface area contributed by atoms with E-state index in [1.54, 1.807) is 24.8 Å². The van der Waals surface area contributed by atoms with E-state index in [1.807, 2.05) is 60.7 Å². The average molecular weight is 508 g/mol. The summed E-state index contributed by atoms with van der Waals surface area (Å²) in [5, 5.41) is 1.83. The van der Waals surface area contributed by atoms with E-state index in [2.05, 4.69) is 6.08 Å². The number of hydrogen-bond acceptors (Lipinski definition) is 4. The highest BCUT2D eigenvalue weighted by atomic mass is 35.5. The number of hydrogen-bond donors (Lipinski definition) is 0. The van der Waals surface area contributed by atoms with Crippen LogP contribution in [0.2, 0.25) is 15.1 Å². The molecule has 166 valence electrons. The number of ether oxygens (including phenoxy) is 2. The molecule has 3 nitrogen and oxygen atoms in total. The minimum atomic E-state index is -0.427. The van der Waals surface area contributed by atoms with Crippen LogP contribution < -0.4 is 4.74 Å². The summed E-state index contributed by atoms with van der Waals surface area (Å²) in [5.74, 6) is 0.742. The predicted octanol–water partition coefficient (Wildman–Crippen LogP) is 7.81. The van der Waals surface area contributed by atoms with Crippen LogP contribution in [0.15, 0.2) is 77.7 Å². The fraction of sp³-hybridized carbons (Fsp3) is 0.160. The van der Waals surface area contributed by atoms with Crippen LogP contribution >= 0.6 is 46.6 Å². The quantitative estimate of drug-likeness (QED) is 0.218. The van der Waals surface area contributed by atoms with Crippen LogP contribution in [0.25, 0.3) is 5.57 Å². The van der Waals surface area contributed by atoms with Crippen LogP contribution in [-0.2, 0) is 9.53 Å². The molecular weight excluding hydrogens is 487 g/mol. The van der Waals surface area contributed by atoms with Crippen LogP contribution in [0.4, 0.5) is 0 Å². The Hall–Kier alpha value is -2.11. The van der Waals surface area contributed by atoms with Gasteiger partial charge in [0, 0.05) is 20.7 Å². The van der Waals surface area contributed by atoms with E-state index in [-0.39, 0.29) is 6.61 Å². The lowest BCUT2D eigenvalue weighted by molar-refractivity contribution is -0.145. The van der Waals surface area contributed by atoms with Gasteiger partial charge in [0.15, 0.2) is 6.61 Å². The molecule has 0 saturated carbocycles. The van der Waals surface area contributed by atoms with Crippen molar-refractivity contribution in [3.63, 3.8) is 0 Å². The second kappa shape index (κ2) is 12.2. The number of rotatable bonds is 9. The molecule has 0 aliphatic carbocycles. The fourth-order valence-electron chi connectivity index (χ4n) is 2.91. The first-order chi connectivity index (χ1) is 15.5. The zero-order chi connectivity index (χ0) is 22.9. The molecule has 32 heavy (non-hydrogen) atoms. The van der Waals surface area contributed by atoms with Gasteiger partial charge < -0.3 is 9.47 Å². The highest BCUT2D eigenvalue weighted by molar-refractivity contribution is 7.99. The zero-order valence-electron chi connectivity index (χ0n) is 17.3. The van der Waals surface area contributed by atoms with Crippen molar-refractivity contribution in [3.05, 3.63) is 99.0 Å². The molecule has 0 bridgehead atoms. The van der Waals surface area contributed by atoms with Crippen LogP contribution in [-0.4, -0.2) is 24.9 Å². The summed E-state index contributed by atoms with van der Waals surface area (Å²) in [4.78, 5) is 12.4. The van der Waals surface area contributed by atoms with E-state index in [4.69, 9.17) is 44.3 Å². The first-order valence-corrected chi connectivity index (χ1v) is 12.0. The van der Waals surface area contributed by atoms with Crippen molar-refractivity contribution in [2.75, 3.05) is 19.0 Å². The standard InChI is InChI=1S/C25H21Cl3O3S/c1-2-30-25(29)16-31-24-12-11-21(15-23(24)28)32-14-13-22(17-3-7-19(26)8-4-17)18-5-9-20(27)10-6-18/h3-13,15H,2,14,16H2,1H3. The first-order valence-electron chi connectivity index (χ1n) is 9.89. The molecule has 3 aromatic rings. The van der Waals surface area contributed by atoms with Gasteiger partial charge in [0.05, 0.1) is 11.6 Å². The predicted molar refractivity (Wildman–Crippen MR) is 134 cm³/mol. The molecule has 7 heteroatoms. The molecule has 0 amide bonds. The molecule has 0 aliphatic heterocycles. The number of halogens is 3. The Balaban J connectivity index is 1.72. The molecule has 0 N–H and O–H groups in total. The van der Waals surface area contributed by atoms with Gasteiger partial charge in [0.2, 0.25) is 0 Å². The molecule has 0 saturated heterocycles. The Morgan fingerprint density at radius 3 is 2.03 bits per heavy atom. The Bertz CT molecular complexity index is 1030. The van der Waals surface area contributed by atoms with Crippen molar-refractivity contribution in [1.29, 1.82) is 0 Å². The van der Waals surface area contributed by atoms with Gasteiger partial charge in [-0.3, -0.25) is 0 Å². The van der Waals surface area contributed by atoms with E-state index < -0.39 is 5.97 Å². The molecule has 3 aromatic carbocycles. The monoisotopic (exact) mass is 506 g/mol. The molecule has 3 rings (SSSR count). The van der Waals surface area contributed by atoms with Crippen molar-refractivity contribution in [3.8, 4) is 5.75 Å². The Morgan fingerprint density at radius 1 is 0.906 bits per heavy atom. The van der Waals surface area contributed by atoms with E-state index in [0.29, 0.717) is 27.4 Å². The van der Waals surface area contributed by atoms with Gasteiger partial charge in [0.1, 0.15) is 5.75 Å². The largest absolute Gasteiger partial charge is 0.480 e. The fourth-order valence-corrected chi connectivity index (χ4v) is 4.27. The van der Waals surface area contributed by atoms with E-state index in [0.717, 1.165) is 27.3 Å². The van der Waals surface area contributed by atoms with Crippen LogP contribution in [0, 0.1) is 0 Å². The van der Waals surface area contributed by atoms with Gasteiger partial charge in [-0.2, -0.15) is 0 Å². The lowest BCUT2D eigenvalue weighted by atomic mass is 9.98. The molecule has 0 radical (unpaired) electrons. The van der Waals surface area contributed by atoms with Gasteiger partial charge in [-0.05, 0) is 66.1 Å². The normalized spacial score (nSPS) is 10.5. The second-order valence-electron chi connectivity index (χ2n) is 6.63. The Labute approximate surface area is 207 Å². The Kier molecular flexibility index (Phi) is 9.36. The summed E-state index contributed by atoms with van der Waals surface area (Å²) < 4.78 is 10.3. The maximum Gasteiger partial charge on any atom is 0.344 e. The zero-order valence-corrected chi connectivity index (χ0v) is 20.4. The lowest BCUT2D eigenvalue weighted by Crippen LogP contribution is -2.14. The smallest absolute Gasteiger partial charge is 0.344 e. The molecule has 0 heterocycles. The third-order valence-corrected chi connectivity index (χ3v) is 6.12. The highest BCUT2D eigenvalue weighted by Gasteiger charge is 2.09. The highest BCUT2D eigenvalue weighted by Crippen LogP contribution is 2.32. The van der Waals surface area contributed by atoms with Crippen molar-refractivity contribution >= 4 is 58.1 Å². The molecular formula is C25H21Cl3O3S. The van der Waals surface area contributed by atoms with Crippen molar-refractivity contribution < 1.29 is 14.3 Å². The van der Waals surface area contributed by atoms with E-state index in [1.165, 1.54) is 0 Å². The summed E-state index contributed by atoms with van der Waals surface area (Å²) >= 11 is 20.1. The molecule has 0 aromatic heterocycles.